The molecule has 0 aromatic heterocycles. The Labute approximate surface area is 191 Å². The molecule has 0 bridgehead atoms. The minimum Gasteiger partial charge on any atom is -0.495 e. The van der Waals surface area contributed by atoms with E-state index in [1.165, 1.54) is 13.2 Å². The Kier molecular flexibility index (Phi) is 5.88. The molecule has 6 nitrogen and oxygen atoms in total. The number of ether oxygens (including phenoxy) is 2. The Balaban J connectivity index is 1.88. The number of aryl methyl sites for hydroxylation is 1. The van der Waals surface area contributed by atoms with Crippen LogP contribution < -0.4 is 19.7 Å². The van der Waals surface area contributed by atoms with Crippen LogP contribution in [0.5, 0.6) is 11.5 Å². The third kappa shape index (κ3) is 3.81. The van der Waals surface area contributed by atoms with Gasteiger partial charge in [-0.3, -0.25) is 9.59 Å². The zero-order chi connectivity index (χ0) is 22.8. The van der Waals surface area contributed by atoms with Crippen LogP contribution in [0.2, 0.25) is 5.02 Å². The highest BCUT2D eigenvalue weighted by molar-refractivity contribution is 6.46. The van der Waals surface area contributed by atoms with Crippen molar-refractivity contribution in [3.8, 4) is 11.5 Å². The molecule has 0 saturated carbocycles. The van der Waals surface area contributed by atoms with Crippen molar-refractivity contribution in [2.24, 2.45) is 0 Å². The largest absolute Gasteiger partial charge is 0.495 e. The average Bonchev–Trinajstić information content (AvgIpc) is 3.03. The fourth-order valence-corrected chi connectivity index (χ4v) is 3.80. The van der Waals surface area contributed by atoms with Crippen molar-refractivity contribution < 1.29 is 19.1 Å². The summed E-state index contributed by atoms with van der Waals surface area (Å²) in [6, 6.07) is 19.4. The molecule has 7 heteroatoms. The van der Waals surface area contributed by atoms with E-state index in [1.54, 1.807) is 37.4 Å². The second-order valence-corrected chi connectivity index (χ2v) is 7.64. The molecule has 0 aliphatic carbocycles. The number of imide groups is 1. The number of carbonyl (C=O) groups is 2. The van der Waals surface area contributed by atoms with Gasteiger partial charge in [-0.1, -0.05) is 48.0 Å². The molecule has 1 N–H and O–H groups in total. The molecular weight excluding hydrogens is 428 g/mol. The second-order valence-electron chi connectivity index (χ2n) is 7.21. The van der Waals surface area contributed by atoms with Gasteiger partial charge in [-0.25, -0.2) is 4.90 Å². The maximum absolute atomic E-state index is 13.6. The lowest BCUT2D eigenvalue weighted by atomic mass is 10.0. The maximum atomic E-state index is 13.6. The molecule has 0 unspecified atom stereocenters. The number of amides is 2. The van der Waals surface area contributed by atoms with Gasteiger partial charge in [0, 0.05) is 5.02 Å². The number of methoxy groups -OCH3 is 2. The van der Waals surface area contributed by atoms with Crippen molar-refractivity contribution in [2.45, 2.75) is 6.92 Å². The number of hydrogen-bond acceptors (Lipinski definition) is 5. The monoisotopic (exact) mass is 448 g/mol. The lowest BCUT2D eigenvalue weighted by Gasteiger charge is -2.19. The van der Waals surface area contributed by atoms with Crippen LogP contribution >= 0.6 is 11.6 Å². The lowest BCUT2D eigenvalue weighted by molar-refractivity contribution is -0.120. The van der Waals surface area contributed by atoms with Gasteiger partial charge in [-0.15, -0.1) is 0 Å². The summed E-state index contributed by atoms with van der Waals surface area (Å²) in [6.45, 7) is 1.93. The topological polar surface area (TPSA) is 67.9 Å². The predicted molar refractivity (Wildman–Crippen MR) is 125 cm³/mol. The molecule has 2 amide bonds. The molecular formula is C25H21ClN2O4. The number of carbonyl (C=O) groups excluding carboxylic acids is 2. The summed E-state index contributed by atoms with van der Waals surface area (Å²) in [6.07, 6.45) is 0. The number of hydrogen-bond donors (Lipinski definition) is 1. The van der Waals surface area contributed by atoms with E-state index < -0.39 is 11.8 Å². The Morgan fingerprint density at radius 2 is 1.53 bits per heavy atom. The fourth-order valence-electron chi connectivity index (χ4n) is 3.63. The highest BCUT2D eigenvalue weighted by Gasteiger charge is 2.41. The Bertz CT molecular complexity index is 1240. The van der Waals surface area contributed by atoms with E-state index in [0.717, 1.165) is 10.5 Å². The molecule has 0 saturated heterocycles. The first-order valence-electron chi connectivity index (χ1n) is 9.88. The zero-order valence-electron chi connectivity index (χ0n) is 17.8. The Morgan fingerprint density at radius 1 is 0.844 bits per heavy atom. The number of halogens is 1. The number of anilines is 2. The molecule has 1 aliphatic rings. The van der Waals surface area contributed by atoms with Gasteiger partial charge in [0.05, 0.1) is 31.2 Å². The molecule has 3 aromatic rings. The van der Waals surface area contributed by atoms with Crippen molar-refractivity contribution in [1.82, 2.24) is 0 Å². The van der Waals surface area contributed by atoms with Gasteiger partial charge in [0.25, 0.3) is 11.8 Å². The summed E-state index contributed by atoms with van der Waals surface area (Å²) in [5.74, 6) is -0.0821. The van der Waals surface area contributed by atoms with E-state index in [4.69, 9.17) is 21.1 Å². The minimum absolute atomic E-state index is 0.145. The van der Waals surface area contributed by atoms with Crippen molar-refractivity contribution in [1.29, 1.82) is 0 Å². The fraction of sp³-hybridized carbons (Fsp3) is 0.120. The van der Waals surface area contributed by atoms with Crippen molar-refractivity contribution in [2.75, 3.05) is 24.4 Å². The normalized spacial score (nSPS) is 13.6. The number of benzene rings is 3. The Morgan fingerprint density at radius 3 is 2.22 bits per heavy atom. The van der Waals surface area contributed by atoms with Crippen LogP contribution in [0.1, 0.15) is 11.1 Å². The van der Waals surface area contributed by atoms with Crippen LogP contribution in [0.15, 0.2) is 72.4 Å². The second kappa shape index (κ2) is 8.77. The van der Waals surface area contributed by atoms with Gasteiger partial charge in [0.1, 0.15) is 17.2 Å². The van der Waals surface area contributed by atoms with Gasteiger partial charge >= 0.3 is 0 Å². The van der Waals surface area contributed by atoms with Gasteiger partial charge in [0.2, 0.25) is 0 Å². The van der Waals surface area contributed by atoms with Gasteiger partial charge in [0.15, 0.2) is 0 Å². The molecule has 4 rings (SSSR count). The molecule has 3 aromatic carbocycles. The van der Waals surface area contributed by atoms with Crippen molar-refractivity contribution in [3.63, 3.8) is 0 Å². The quantitative estimate of drug-likeness (QED) is 0.534. The zero-order valence-corrected chi connectivity index (χ0v) is 18.6. The molecule has 0 fully saturated rings. The van der Waals surface area contributed by atoms with E-state index in [2.05, 4.69) is 5.32 Å². The van der Waals surface area contributed by atoms with E-state index in [0.29, 0.717) is 27.8 Å². The molecule has 0 spiro atoms. The first-order chi connectivity index (χ1) is 15.4. The van der Waals surface area contributed by atoms with E-state index >= 15 is 0 Å². The summed E-state index contributed by atoms with van der Waals surface area (Å²) < 4.78 is 10.8. The average molecular weight is 449 g/mol. The third-order valence-electron chi connectivity index (χ3n) is 5.14. The smallest absolute Gasteiger partial charge is 0.282 e. The van der Waals surface area contributed by atoms with E-state index in [-0.39, 0.29) is 17.0 Å². The van der Waals surface area contributed by atoms with Gasteiger partial charge < -0.3 is 14.8 Å². The summed E-state index contributed by atoms with van der Waals surface area (Å²) in [5, 5.41) is 3.53. The SMILES string of the molecule is COc1ccc(C)cc1NC1=C(c2ccccc2)C(=O)N(c2cc(Cl)ccc2OC)C1=O. The van der Waals surface area contributed by atoms with Crippen LogP contribution in [0.3, 0.4) is 0 Å². The molecule has 162 valence electrons. The number of rotatable bonds is 6. The van der Waals surface area contributed by atoms with Crippen molar-refractivity contribution >= 4 is 40.4 Å². The predicted octanol–water partition coefficient (Wildman–Crippen LogP) is 5.06. The first-order valence-corrected chi connectivity index (χ1v) is 10.3. The standard InChI is InChI=1S/C25H21ClN2O4/c1-15-9-11-20(31-2)18(13-15)27-23-22(16-7-5-4-6-8-16)24(29)28(25(23)30)19-14-17(26)10-12-21(19)32-3/h4-14,27H,1-3H3. The van der Waals surface area contributed by atoms with Crippen LogP contribution in [0.25, 0.3) is 5.57 Å². The third-order valence-corrected chi connectivity index (χ3v) is 5.38. The van der Waals surface area contributed by atoms with Gasteiger partial charge in [-0.05, 0) is 48.4 Å². The van der Waals surface area contributed by atoms with Gasteiger partial charge in [-0.2, -0.15) is 0 Å². The molecule has 1 aliphatic heterocycles. The first kappa shape index (κ1) is 21.5. The highest BCUT2D eigenvalue weighted by Crippen LogP contribution is 2.40. The van der Waals surface area contributed by atoms with Crippen molar-refractivity contribution in [3.05, 3.63) is 88.6 Å². The summed E-state index contributed by atoms with van der Waals surface area (Å²) in [5.41, 5.74) is 2.84. The maximum Gasteiger partial charge on any atom is 0.282 e. The molecule has 0 radical (unpaired) electrons. The molecule has 32 heavy (non-hydrogen) atoms. The van der Waals surface area contributed by atoms with E-state index in [9.17, 15) is 9.59 Å². The summed E-state index contributed by atoms with van der Waals surface area (Å²) in [7, 11) is 3.02. The highest BCUT2D eigenvalue weighted by atomic mass is 35.5. The van der Waals surface area contributed by atoms with Crippen LogP contribution in [-0.2, 0) is 9.59 Å². The molecule has 1 heterocycles. The van der Waals surface area contributed by atoms with Crippen LogP contribution in [-0.4, -0.2) is 26.0 Å². The minimum atomic E-state index is -0.516. The van der Waals surface area contributed by atoms with Crippen LogP contribution in [0, 0.1) is 6.92 Å². The summed E-state index contributed by atoms with van der Waals surface area (Å²) >= 11 is 6.17. The number of nitrogens with one attached hydrogen (secondary N) is 1. The summed E-state index contributed by atoms with van der Waals surface area (Å²) in [4.78, 5) is 28.3. The number of nitrogens with zero attached hydrogens (tertiary/aromatic N) is 1. The molecule has 0 atom stereocenters. The Hall–Kier alpha value is -3.77. The lowest BCUT2D eigenvalue weighted by Crippen LogP contribution is -2.32. The van der Waals surface area contributed by atoms with E-state index in [1.807, 2.05) is 37.3 Å². The van der Waals surface area contributed by atoms with Crippen LogP contribution in [0.4, 0.5) is 11.4 Å².